The van der Waals surface area contributed by atoms with Gasteiger partial charge in [0.2, 0.25) is 0 Å². The molecule has 0 heterocycles. The van der Waals surface area contributed by atoms with Crippen molar-refractivity contribution in [2.45, 2.75) is 50.3 Å². The fourth-order valence-corrected chi connectivity index (χ4v) is 3.91. The molecule has 0 aromatic carbocycles. The topological polar surface area (TPSA) is 32.3 Å². The number of aliphatic hydroxyl groups excluding tert-OH is 1. The maximum absolute atomic E-state index is 8.79. The zero-order valence-electron chi connectivity index (χ0n) is 10.0. The van der Waals surface area contributed by atoms with Crippen molar-refractivity contribution in [2.75, 3.05) is 19.4 Å². The molecule has 2 N–H and O–H groups in total. The van der Waals surface area contributed by atoms with Gasteiger partial charge in [-0.1, -0.05) is 13.3 Å². The highest BCUT2D eigenvalue weighted by Crippen LogP contribution is 2.34. The van der Waals surface area contributed by atoms with E-state index in [1.54, 1.807) is 0 Å². The van der Waals surface area contributed by atoms with E-state index in [1.807, 2.05) is 0 Å². The Kier molecular flexibility index (Phi) is 6.69. The molecule has 3 atom stereocenters. The maximum atomic E-state index is 8.79. The number of hydrogen-bond donors (Lipinski definition) is 2. The Morgan fingerprint density at radius 3 is 2.80 bits per heavy atom. The first-order valence-electron chi connectivity index (χ1n) is 6.21. The molecule has 0 aromatic rings. The molecule has 2 nitrogen and oxygen atoms in total. The maximum Gasteiger partial charge on any atom is 0.0438 e. The lowest BCUT2D eigenvalue weighted by Crippen LogP contribution is -2.40. The summed E-state index contributed by atoms with van der Waals surface area (Å²) in [4.78, 5) is 0. The fraction of sp³-hybridized carbons (Fsp3) is 1.00. The van der Waals surface area contributed by atoms with Gasteiger partial charge in [0.25, 0.3) is 0 Å². The quantitative estimate of drug-likeness (QED) is 0.688. The van der Waals surface area contributed by atoms with Crippen LogP contribution >= 0.6 is 11.8 Å². The zero-order valence-corrected chi connectivity index (χ0v) is 10.9. The fourth-order valence-electron chi connectivity index (χ4n) is 2.40. The second kappa shape index (κ2) is 7.53. The van der Waals surface area contributed by atoms with Gasteiger partial charge >= 0.3 is 0 Å². The van der Waals surface area contributed by atoms with Crippen molar-refractivity contribution in [1.82, 2.24) is 5.32 Å². The van der Waals surface area contributed by atoms with E-state index in [9.17, 15) is 0 Å². The number of hydrogen-bond acceptors (Lipinski definition) is 3. The van der Waals surface area contributed by atoms with E-state index in [0.717, 1.165) is 23.3 Å². The van der Waals surface area contributed by atoms with Crippen molar-refractivity contribution in [3.8, 4) is 0 Å². The van der Waals surface area contributed by atoms with Crippen molar-refractivity contribution in [3.63, 3.8) is 0 Å². The standard InChI is InChI=1S/C12H25NOS/c1-3-10-5-6-11(13-2)12(9-10)15-8-4-7-14/h10-14H,3-9H2,1-2H3. The zero-order chi connectivity index (χ0) is 11.1. The summed E-state index contributed by atoms with van der Waals surface area (Å²) in [6.07, 6.45) is 6.34. The van der Waals surface area contributed by atoms with Crippen molar-refractivity contribution < 1.29 is 5.11 Å². The van der Waals surface area contributed by atoms with Gasteiger partial charge in [0.1, 0.15) is 0 Å². The second-order valence-electron chi connectivity index (χ2n) is 4.47. The van der Waals surface area contributed by atoms with Gasteiger partial charge in [-0.25, -0.2) is 0 Å². The molecular formula is C12H25NOS. The average Bonchev–Trinajstić information content (AvgIpc) is 2.29. The van der Waals surface area contributed by atoms with E-state index >= 15 is 0 Å². The summed E-state index contributed by atoms with van der Waals surface area (Å²) in [6.45, 7) is 2.64. The molecule has 0 spiro atoms. The van der Waals surface area contributed by atoms with Crippen LogP contribution in [0.5, 0.6) is 0 Å². The van der Waals surface area contributed by atoms with Crippen LogP contribution in [0.15, 0.2) is 0 Å². The van der Waals surface area contributed by atoms with Crippen LogP contribution < -0.4 is 5.32 Å². The third kappa shape index (κ3) is 4.33. The molecule has 1 aliphatic carbocycles. The molecule has 90 valence electrons. The Bertz CT molecular complexity index is 166. The van der Waals surface area contributed by atoms with Crippen LogP contribution in [0.25, 0.3) is 0 Å². The summed E-state index contributed by atoms with van der Waals surface area (Å²) < 4.78 is 0. The lowest BCUT2D eigenvalue weighted by Gasteiger charge is -2.35. The Hall–Kier alpha value is 0.270. The van der Waals surface area contributed by atoms with Gasteiger partial charge in [0, 0.05) is 17.9 Å². The monoisotopic (exact) mass is 231 g/mol. The molecule has 0 radical (unpaired) electrons. The van der Waals surface area contributed by atoms with Gasteiger partial charge in [0.15, 0.2) is 0 Å². The minimum Gasteiger partial charge on any atom is -0.396 e. The lowest BCUT2D eigenvalue weighted by molar-refractivity contribution is 0.294. The summed E-state index contributed by atoms with van der Waals surface area (Å²) in [6, 6.07) is 0.691. The minimum atomic E-state index is 0.334. The first-order valence-corrected chi connectivity index (χ1v) is 7.26. The molecular weight excluding hydrogens is 206 g/mol. The van der Waals surface area contributed by atoms with Gasteiger partial charge in [0.05, 0.1) is 0 Å². The second-order valence-corrected chi connectivity index (χ2v) is 5.82. The third-order valence-electron chi connectivity index (χ3n) is 3.48. The predicted octanol–water partition coefficient (Wildman–Crippen LogP) is 2.27. The highest BCUT2D eigenvalue weighted by atomic mass is 32.2. The number of aliphatic hydroxyl groups is 1. The Balaban J connectivity index is 2.33. The van der Waals surface area contributed by atoms with E-state index in [1.165, 1.54) is 25.7 Å². The highest BCUT2D eigenvalue weighted by Gasteiger charge is 2.28. The molecule has 1 fully saturated rings. The molecule has 0 saturated heterocycles. The van der Waals surface area contributed by atoms with Crippen LogP contribution in [-0.2, 0) is 0 Å². The Morgan fingerprint density at radius 2 is 2.20 bits per heavy atom. The normalized spacial score (nSPS) is 31.8. The van der Waals surface area contributed by atoms with Crippen LogP contribution in [0.2, 0.25) is 0 Å². The summed E-state index contributed by atoms with van der Waals surface area (Å²) >= 11 is 2.05. The van der Waals surface area contributed by atoms with Crippen molar-refractivity contribution in [3.05, 3.63) is 0 Å². The van der Waals surface area contributed by atoms with Gasteiger partial charge in [-0.05, 0) is 44.4 Å². The number of nitrogens with one attached hydrogen (secondary N) is 1. The summed E-state index contributed by atoms with van der Waals surface area (Å²) in [5.74, 6) is 2.04. The molecule has 0 aromatic heterocycles. The van der Waals surface area contributed by atoms with Gasteiger partial charge in [-0.2, -0.15) is 11.8 Å². The Labute approximate surface area is 98.2 Å². The molecule has 0 amide bonds. The molecule has 1 rings (SSSR count). The van der Waals surface area contributed by atoms with Crippen molar-refractivity contribution in [2.24, 2.45) is 5.92 Å². The lowest BCUT2D eigenvalue weighted by atomic mass is 9.84. The van der Waals surface area contributed by atoms with E-state index in [4.69, 9.17) is 5.11 Å². The van der Waals surface area contributed by atoms with E-state index in [-0.39, 0.29) is 0 Å². The Morgan fingerprint density at radius 1 is 1.40 bits per heavy atom. The number of thioether (sulfide) groups is 1. The summed E-state index contributed by atoms with van der Waals surface area (Å²) in [5, 5.41) is 13.0. The summed E-state index contributed by atoms with van der Waals surface area (Å²) in [7, 11) is 2.08. The highest BCUT2D eigenvalue weighted by molar-refractivity contribution is 7.99. The molecule has 0 aliphatic heterocycles. The van der Waals surface area contributed by atoms with Gasteiger partial charge in [-0.3, -0.25) is 0 Å². The summed E-state index contributed by atoms with van der Waals surface area (Å²) in [5.41, 5.74) is 0. The molecule has 0 bridgehead atoms. The van der Waals surface area contributed by atoms with Crippen molar-refractivity contribution in [1.29, 1.82) is 0 Å². The van der Waals surface area contributed by atoms with Crippen molar-refractivity contribution >= 4 is 11.8 Å². The molecule has 15 heavy (non-hydrogen) atoms. The smallest absolute Gasteiger partial charge is 0.0438 e. The molecule has 3 heteroatoms. The van der Waals surface area contributed by atoms with Gasteiger partial charge < -0.3 is 10.4 Å². The first-order chi connectivity index (χ1) is 7.31. The van der Waals surface area contributed by atoms with Crippen LogP contribution in [0.4, 0.5) is 0 Å². The average molecular weight is 231 g/mol. The van der Waals surface area contributed by atoms with Gasteiger partial charge in [-0.15, -0.1) is 0 Å². The predicted molar refractivity (Wildman–Crippen MR) is 68.4 cm³/mol. The van der Waals surface area contributed by atoms with Crippen LogP contribution in [-0.4, -0.2) is 35.8 Å². The SMILES string of the molecule is CCC1CCC(NC)C(SCCCO)C1. The third-order valence-corrected chi connectivity index (χ3v) is 4.96. The van der Waals surface area contributed by atoms with E-state index in [0.29, 0.717) is 12.6 Å². The minimum absolute atomic E-state index is 0.334. The molecule has 1 saturated carbocycles. The van der Waals surface area contributed by atoms with Crippen LogP contribution in [0.1, 0.15) is 39.0 Å². The van der Waals surface area contributed by atoms with E-state index < -0.39 is 0 Å². The largest absolute Gasteiger partial charge is 0.396 e. The molecule has 3 unspecified atom stereocenters. The number of rotatable bonds is 6. The first kappa shape index (κ1) is 13.3. The van der Waals surface area contributed by atoms with Crippen LogP contribution in [0, 0.1) is 5.92 Å². The van der Waals surface area contributed by atoms with E-state index in [2.05, 4.69) is 31.1 Å². The molecule has 1 aliphatic rings. The van der Waals surface area contributed by atoms with Crippen LogP contribution in [0.3, 0.4) is 0 Å².